The fourth-order valence-corrected chi connectivity index (χ4v) is 2.17. The number of hydrogen-bond acceptors (Lipinski definition) is 3. The second kappa shape index (κ2) is 7.69. The van der Waals surface area contributed by atoms with Gasteiger partial charge in [0.1, 0.15) is 0 Å². The Hall–Kier alpha value is -0.580. The molecule has 0 aliphatic heterocycles. The first-order valence-electron chi connectivity index (χ1n) is 4.89. The maximum atomic E-state index is 11.8. The van der Waals surface area contributed by atoms with Gasteiger partial charge in [-0.2, -0.15) is 11.8 Å². The summed E-state index contributed by atoms with van der Waals surface area (Å²) in [6.45, 7) is 1.96. The van der Waals surface area contributed by atoms with Crippen molar-refractivity contribution in [2.75, 3.05) is 17.7 Å². The van der Waals surface area contributed by atoms with E-state index in [0.717, 1.165) is 5.75 Å². The minimum absolute atomic E-state index is 0. The average molecular weight is 295 g/mol. The van der Waals surface area contributed by atoms with E-state index >= 15 is 0 Å². The largest absolute Gasteiger partial charge is 0.399 e. The zero-order chi connectivity index (χ0) is 12.1. The lowest BCUT2D eigenvalue weighted by molar-refractivity contribution is 0.0944. The lowest BCUT2D eigenvalue weighted by Crippen LogP contribution is -2.34. The third kappa shape index (κ3) is 5.06. The molecule has 1 aromatic carbocycles. The first kappa shape index (κ1) is 16.4. The molecule has 0 aliphatic rings. The van der Waals surface area contributed by atoms with Crippen LogP contribution in [0, 0.1) is 0 Å². The fourth-order valence-electron chi connectivity index (χ4n) is 1.31. The number of carbonyl (C=O) groups excluding carboxylic acids is 1. The summed E-state index contributed by atoms with van der Waals surface area (Å²) in [7, 11) is 0. The van der Waals surface area contributed by atoms with E-state index < -0.39 is 0 Å². The van der Waals surface area contributed by atoms with Gasteiger partial charge in [0.25, 0.3) is 5.91 Å². The molecule has 0 saturated heterocycles. The first-order chi connectivity index (χ1) is 7.54. The van der Waals surface area contributed by atoms with Gasteiger partial charge in [-0.15, -0.1) is 12.4 Å². The number of amides is 1. The van der Waals surface area contributed by atoms with Crippen LogP contribution >= 0.6 is 35.8 Å². The van der Waals surface area contributed by atoms with Gasteiger partial charge in [0.15, 0.2) is 0 Å². The van der Waals surface area contributed by atoms with Crippen molar-refractivity contribution in [2.45, 2.75) is 13.0 Å². The van der Waals surface area contributed by atoms with E-state index in [0.29, 0.717) is 16.3 Å². The van der Waals surface area contributed by atoms with Crippen LogP contribution in [-0.4, -0.2) is 24.0 Å². The molecule has 6 heteroatoms. The minimum atomic E-state index is -0.161. The van der Waals surface area contributed by atoms with E-state index in [2.05, 4.69) is 5.32 Å². The number of benzene rings is 1. The molecule has 1 aromatic rings. The summed E-state index contributed by atoms with van der Waals surface area (Å²) >= 11 is 7.62. The summed E-state index contributed by atoms with van der Waals surface area (Å²) in [4.78, 5) is 11.8. The van der Waals surface area contributed by atoms with E-state index in [1.165, 1.54) is 0 Å². The van der Waals surface area contributed by atoms with Crippen molar-refractivity contribution in [3.05, 3.63) is 28.8 Å². The van der Waals surface area contributed by atoms with Crippen LogP contribution in [-0.2, 0) is 0 Å². The maximum absolute atomic E-state index is 11.8. The Labute approximate surface area is 117 Å². The number of nitrogen functional groups attached to an aromatic ring is 1. The van der Waals surface area contributed by atoms with Crippen molar-refractivity contribution < 1.29 is 4.79 Å². The van der Waals surface area contributed by atoms with E-state index in [-0.39, 0.29) is 24.4 Å². The summed E-state index contributed by atoms with van der Waals surface area (Å²) < 4.78 is 0. The molecule has 1 atom stereocenters. The fraction of sp³-hybridized carbons (Fsp3) is 0.364. The average Bonchev–Trinajstić information content (AvgIpc) is 2.17. The number of halogens is 2. The van der Waals surface area contributed by atoms with Crippen molar-refractivity contribution in [3.8, 4) is 0 Å². The normalized spacial score (nSPS) is 11.5. The van der Waals surface area contributed by atoms with Crippen LogP contribution in [0.15, 0.2) is 18.2 Å². The van der Waals surface area contributed by atoms with Gasteiger partial charge in [-0.3, -0.25) is 4.79 Å². The van der Waals surface area contributed by atoms with E-state index in [1.54, 1.807) is 30.0 Å². The van der Waals surface area contributed by atoms with E-state index in [9.17, 15) is 4.79 Å². The smallest absolute Gasteiger partial charge is 0.253 e. The Morgan fingerprint density at radius 3 is 2.76 bits per heavy atom. The number of nitrogens with one attached hydrogen (secondary N) is 1. The van der Waals surface area contributed by atoms with Gasteiger partial charge in [-0.25, -0.2) is 0 Å². The quantitative estimate of drug-likeness (QED) is 0.840. The van der Waals surface area contributed by atoms with Gasteiger partial charge >= 0.3 is 0 Å². The van der Waals surface area contributed by atoms with Crippen LogP contribution in [0.25, 0.3) is 0 Å². The highest BCUT2D eigenvalue weighted by molar-refractivity contribution is 7.98. The monoisotopic (exact) mass is 294 g/mol. The first-order valence-corrected chi connectivity index (χ1v) is 6.66. The molecule has 0 spiro atoms. The molecular weight excluding hydrogens is 279 g/mol. The van der Waals surface area contributed by atoms with Gasteiger partial charge in [0.2, 0.25) is 0 Å². The highest BCUT2D eigenvalue weighted by atomic mass is 35.5. The summed E-state index contributed by atoms with van der Waals surface area (Å²) in [5, 5.41) is 3.26. The molecule has 1 rings (SSSR count). The predicted molar refractivity (Wildman–Crippen MR) is 78.4 cm³/mol. The minimum Gasteiger partial charge on any atom is -0.399 e. The molecule has 0 radical (unpaired) electrons. The number of anilines is 1. The Kier molecular flexibility index (Phi) is 7.43. The van der Waals surface area contributed by atoms with Gasteiger partial charge in [-0.05, 0) is 31.4 Å². The number of rotatable bonds is 4. The second-order valence-corrected chi connectivity index (χ2v) is 4.89. The van der Waals surface area contributed by atoms with Crippen molar-refractivity contribution >= 4 is 47.4 Å². The Balaban J connectivity index is 0.00000256. The molecule has 0 heterocycles. The molecule has 0 saturated carbocycles. The van der Waals surface area contributed by atoms with E-state index in [4.69, 9.17) is 17.3 Å². The standard InChI is InChI=1S/C11H15ClN2OS.ClH/c1-7(6-16-2)14-11(15)9-4-3-8(13)5-10(9)12;/h3-5,7H,6,13H2,1-2H3,(H,14,15);1H. The maximum Gasteiger partial charge on any atom is 0.253 e. The molecule has 0 fully saturated rings. The topological polar surface area (TPSA) is 55.1 Å². The van der Waals surface area contributed by atoms with Crippen molar-refractivity contribution in [3.63, 3.8) is 0 Å². The molecule has 0 aromatic heterocycles. The Morgan fingerprint density at radius 1 is 1.59 bits per heavy atom. The third-order valence-electron chi connectivity index (χ3n) is 2.03. The number of carbonyl (C=O) groups is 1. The number of thioether (sulfide) groups is 1. The third-order valence-corrected chi connectivity index (χ3v) is 3.18. The highest BCUT2D eigenvalue weighted by Crippen LogP contribution is 2.19. The Morgan fingerprint density at radius 2 is 2.24 bits per heavy atom. The molecule has 3 nitrogen and oxygen atoms in total. The highest BCUT2D eigenvalue weighted by Gasteiger charge is 2.12. The molecule has 1 amide bonds. The lowest BCUT2D eigenvalue weighted by Gasteiger charge is -2.13. The predicted octanol–water partition coefficient (Wildman–Crippen LogP) is 2.83. The van der Waals surface area contributed by atoms with Gasteiger partial charge in [0.05, 0.1) is 10.6 Å². The second-order valence-electron chi connectivity index (χ2n) is 3.57. The SMILES string of the molecule is CSCC(C)NC(=O)c1ccc(N)cc1Cl.Cl. The van der Waals surface area contributed by atoms with Crippen molar-refractivity contribution in [2.24, 2.45) is 0 Å². The van der Waals surface area contributed by atoms with Crippen LogP contribution in [0.3, 0.4) is 0 Å². The van der Waals surface area contributed by atoms with Crippen LogP contribution < -0.4 is 11.1 Å². The molecular formula is C11H16Cl2N2OS. The molecule has 3 N–H and O–H groups in total. The van der Waals surface area contributed by atoms with Crippen LogP contribution in [0.4, 0.5) is 5.69 Å². The van der Waals surface area contributed by atoms with Crippen LogP contribution in [0.5, 0.6) is 0 Å². The van der Waals surface area contributed by atoms with Gasteiger partial charge in [-0.1, -0.05) is 11.6 Å². The number of hydrogen-bond donors (Lipinski definition) is 2. The van der Waals surface area contributed by atoms with Crippen molar-refractivity contribution in [1.29, 1.82) is 0 Å². The molecule has 0 aliphatic carbocycles. The van der Waals surface area contributed by atoms with Gasteiger partial charge < -0.3 is 11.1 Å². The van der Waals surface area contributed by atoms with Gasteiger partial charge in [0, 0.05) is 17.5 Å². The van der Waals surface area contributed by atoms with E-state index in [1.807, 2.05) is 13.2 Å². The molecule has 0 bridgehead atoms. The summed E-state index contributed by atoms with van der Waals surface area (Å²) in [6, 6.07) is 5.00. The molecule has 1 unspecified atom stereocenters. The zero-order valence-electron chi connectivity index (χ0n) is 9.70. The Bertz CT molecular complexity index is 388. The molecule has 96 valence electrons. The van der Waals surface area contributed by atoms with Crippen molar-refractivity contribution in [1.82, 2.24) is 5.32 Å². The summed E-state index contributed by atoms with van der Waals surface area (Å²) in [5.74, 6) is 0.713. The summed E-state index contributed by atoms with van der Waals surface area (Å²) in [6.07, 6.45) is 2.00. The lowest BCUT2D eigenvalue weighted by atomic mass is 10.2. The van der Waals surface area contributed by atoms with Crippen LogP contribution in [0.1, 0.15) is 17.3 Å². The zero-order valence-corrected chi connectivity index (χ0v) is 12.1. The summed E-state index contributed by atoms with van der Waals surface area (Å²) in [5.41, 5.74) is 6.57. The number of nitrogens with two attached hydrogens (primary N) is 1. The molecule has 17 heavy (non-hydrogen) atoms. The van der Waals surface area contributed by atoms with Crippen LogP contribution in [0.2, 0.25) is 5.02 Å².